The smallest absolute Gasteiger partial charge is 0.315 e. The van der Waals surface area contributed by atoms with Crippen LogP contribution in [0.3, 0.4) is 0 Å². The summed E-state index contributed by atoms with van der Waals surface area (Å²) in [6.07, 6.45) is 4.70. The van der Waals surface area contributed by atoms with Gasteiger partial charge in [-0.2, -0.15) is 0 Å². The number of likely N-dealkylation sites (N-methyl/N-ethyl adjacent to an activating group) is 1. The highest BCUT2D eigenvalue weighted by molar-refractivity contribution is 5.92. The number of nitrogens with zero attached hydrogens (tertiary/aromatic N) is 2. The molecule has 1 saturated heterocycles. The van der Waals surface area contributed by atoms with Crippen LogP contribution in [-0.2, 0) is 10.2 Å². The van der Waals surface area contributed by atoms with E-state index in [1.165, 1.54) is 14.2 Å². The van der Waals surface area contributed by atoms with Gasteiger partial charge in [0.1, 0.15) is 0 Å². The lowest BCUT2D eigenvalue weighted by Gasteiger charge is -2.37. The summed E-state index contributed by atoms with van der Waals surface area (Å²) in [5, 5.41) is 11.5. The Bertz CT molecular complexity index is 730. The van der Waals surface area contributed by atoms with E-state index in [4.69, 9.17) is 9.47 Å². The van der Waals surface area contributed by atoms with Crippen LogP contribution in [0.5, 0.6) is 11.5 Å². The van der Waals surface area contributed by atoms with Crippen molar-refractivity contribution in [1.29, 1.82) is 0 Å². The summed E-state index contributed by atoms with van der Waals surface area (Å²) in [7, 11) is 4.82. The van der Waals surface area contributed by atoms with Crippen LogP contribution in [0.4, 0.5) is 5.69 Å². The van der Waals surface area contributed by atoms with E-state index in [0.29, 0.717) is 12.2 Å². The van der Waals surface area contributed by atoms with Gasteiger partial charge in [-0.25, -0.2) is 0 Å². The number of nitro benzene ring substituents is 1. The minimum absolute atomic E-state index is 0.00675. The van der Waals surface area contributed by atoms with Gasteiger partial charge in [0.25, 0.3) is 0 Å². The minimum atomic E-state index is -0.465. The van der Waals surface area contributed by atoms with Crippen molar-refractivity contribution in [1.82, 2.24) is 4.90 Å². The molecule has 0 unspecified atom stereocenters. The number of carbonyl (C=O) groups is 1. The molecule has 3 rings (SSSR count). The monoisotopic (exact) mass is 332 g/mol. The van der Waals surface area contributed by atoms with Crippen molar-refractivity contribution >= 4 is 11.5 Å². The number of rotatable bonds is 4. The highest BCUT2D eigenvalue weighted by Gasteiger charge is 2.49. The Morgan fingerprint density at radius 3 is 2.71 bits per heavy atom. The van der Waals surface area contributed by atoms with E-state index < -0.39 is 10.3 Å². The van der Waals surface area contributed by atoms with Crippen LogP contribution in [0.1, 0.15) is 18.4 Å². The second-order valence-electron chi connectivity index (χ2n) is 6.28. The van der Waals surface area contributed by atoms with E-state index in [-0.39, 0.29) is 23.3 Å². The van der Waals surface area contributed by atoms with Gasteiger partial charge in [0.05, 0.1) is 19.1 Å². The second-order valence-corrected chi connectivity index (χ2v) is 6.28. The zero-order valence-corrected chi connectivity index (χ0v) is 13.9. The molecule has 7 heteroatoms. The zero-order chi connectivity index (χ0) is 17.5. The molecule has 1 aromatic carbocycles. The maximum absolute atomic E-state index is 11.9. The molecule has 2 atom stereocenters. The number of fused-ring (bicyclic) bond motifs is 1. The quantitative estimate of drug-likeness (QED) is 0.620. The lowest BCUT2D eigenvalue weighted by atomic mass is 9.69. The summed E-state index contributed by atoms with van der Waals surface area (Å²) in [6.45, 7) is 0.824. The number of carbonyl (C=O) groups excluding carboxylic acids is 1. The third-order valence-electron chi connectivity index (χ3n) is 5.16. The summed E-state index contributed by atoms with van der Waals surface area (Å²) in [4.78, 5) is 25.0. The first-order chi connectivity index (χ1) is 11.4. The Balaban J connectivity index is 2.21. The molecule has 2 aliphatic rings. The fourth-order valence-corrected chi connectivity index (χ4v) is 3.89. The molecule has 1 fully saturated rings. The third kappa shape index (κ3) is 2.36. The fraction of sp³-hybridized carbons (Fsp3) is 0.471. The van der Waals surface area contributed by atoms with Crippen LogP contribution < -0.4 is 9.47 Å². The predicted octanol–water partition coefficient (Wildman–Crippen LogP) is 2.08. The number of nitro groups is 1. The molecule has 1 aliphatic carbocycles. The number of methoxy groups -OCH3 is 2. The number of likely N-dealkylation sites (tertiary alicyclic amines) is 1. The van der Waals surface area contributed by atoms with E-state index in [9.17, 15) is 14.9 Å². The molecule has 1 heterocycles. The Kier molecular flexibility index (Phi) is 4.04. The molecule has 7 nitrogen and oxygen atoms in total. The van der Waals surface area contributed by atoms with E-state index in [1.807, 2.05) is 13.1 Å². The van der Waals surface area contributed by atoms with Crippen molar-refractivity contribution in [3.63, 3.8) is 0 Å². The number of ketones is 1. The Morgan fingerprint density at radius 1 is 1.33 bits per heavy atom. The van der Waals surface area contributed by atoms with E-state index in [2.05, 4.69) is 4.90 Å². The van der Waals surface area contributed by atoms with Gasteiger partial charge in [-0.05, 0) is 37.7 Å². The number of benzene rings is 1. The maximum atomic E-state index is 11.9. The van der Waals surface area contributed by atoms with E-state index in [1.54, 1.807) is 18.2 Å². The van der Waals surface area contributed by atoms with Crippen molar-refractivity contribution in [2.24, 2.45) is 0 Å². The molecule has 0 radical (unpaired) electrons. The molecule has 0 amide bonds. The number of allylic oxidation sites excluding steroid dienone is 1. The third-order valence-corrected chi connectivity index (χ3v) is 5.16. The first-order valence-corrected chi connectivity index (χ1v) is 7.76. The summed E-state index contributed by atoms with van der Waals surface area (Å²) in [5.41, 5.74) is 0.234. The molecule has 1 aromatic rings. The first kappa shape index (κ1) is 16.4. The van der Waals surface area contributed by atoms with Crippen LogP contribution >= 0.6 is 0 Å². The standard InChI is InChI=1S/C17H20N2O5/c1-18-7-6-17(5-4-12(20)10-15(17)18)11-8-13(19(21)22)16(24-3)14(9-11)23-2/h4-5,8-9,15H,6-7,10H2,1-3H3/t15-,17-/m0/s1. The highest BCUT2D eigenvalue weighted by Crippen LogP contribution is 2.48. The second kappa shape index (κ2) is 5.90. The van der Waals surface area contributed by atoms with Crippen molar-refractivity contribution in [2.45, 2.75) is 24.3 Å². The molecular weight excluding hydrogens is 312 g/mol. The topological polar surface area (TPSA) is 81.9 Å². The van der Waals surface area contributed by atoms with Crippen LogP contribution in [0.25, 0.3) is 0 Å². The van der Waals surface area contributed by atoms with Crippen LogP contribution in [0, 0.1) is 10.1 Å². The molecule has 1 aliphatic heterocycles. The Hall–Kier alpha value is -2.41. The van der Waals surface area contributed by atoms with Gasteiger partial charge < -0.3 is 14.4 Å². The van der Waals surface area contributed by atoms with Crippen molar-refractivity contribution in [3.05, 3.63) is 40.0 Å². The summed E-state index contributed by atoms with van der Waals surface area (Å²) < 4.78 is 10.5. The highest BCUT2D eigenvalue weighted by atomic mass is 16.6. The lowest BCUT2D eigenvalue weighted by Crippen LogP contribution is -2.43. The Labute approximate surface area is 140 Å². The van der Waals surface area contributed by atoms with Gasteiger partial charge in [0.2, 0.25) is 5.75 Å². The molecule has 24 heavy (non-hydrogen) atoms. The van der Waals surface area contributed by atoms with Gasteiger partial charge in [0.15, 0.2) is 11.5 Å². The largest absolute Gasteiger partial charge is 0.493 e. The van der Waals surface area contributed by atoms with E-state index >= 15 is 0 Å². The Morgan fingerprint density at radius 2 is 2.08 bits per heavy atom. The zero-order valence-electron chi connectivity index (χ0n) is 13.9. The van der Waals surface area contributed by atoms with Gasteiger partial charge in [-0.15, -0.1) is 0 Å². The molecule has 0 saturated carbocycles. The number of hydrogen-bond donors (Lipinski definition) is 0. The summed E-state index contributed by atoms with van der Waals surface area (Å²) in [5.74, 6) is 0.524. The molecule has 128 valence electrons. The molecule has 0 spiro atoms. The van der Waals surface area contributed by atoms with Crippen molar-refractivity contribution in [3.8, 4) is 11.5 Å². The molecule has 0 aromatic heterocycles. The summed E-state index contributed by atoms with van der Waals surface area (Å²) in [6, 6.07) is 3.33. The van der Waals surface area contributed by atoms with E-state index in [0.717, 1.165) is 18.5 Å². The van der Waals surface area contributed by atoms with Crippen LogP contribution in [0.2, 0.25) is 0 Å². The summed E-state index contributed by atoms with van der Waals surface area (Å²) >= 11 is 0. The maximum Gasteiger partial charge on any atom is 0.315 e. The first-order valence-electron chi connectivity index (χ1n) is 7.76. The predicted molar refractivity (Wildman–Crippen MR) is 87.7 cm³/mol. The van der Waals surface area contributed by atoms with Gasteiger partial charge >= 0.3 is 5.69 Å². The number of ether oxygens (including phenoxy) is 2. The fourth-order valence-electron chi connectivity index (χ4n) is 3.89. The SMILES string of the molecule is COc1cc([C@@]23C=CC(=O)C[C@@H]2N(C)CC3)cc([N+](=O)[O-])c1OC. The average Bonchev–Trinajstić information content (AvgIpc) is 2.91. The van der Waals surface area contributed by atoms with Gasteiger partial charge in [0, 0.05) is 23.9 Å². The van der Waals surface area contributed by atoms with Crippen molar-refractivity contribution in [2.75, 3.05) is 27.8 Å². The number of hydrogen-bond acceptors (Lipinski definition) is 6. The van der Waals surface area contributed by atoms with Crippen LogP contribution in [-0.4, -0.2) is 49.5 Å². The van der Waals surface area contributed by atoms with Gasteiger partial charge in [-0.3, -0.25) is 14.9 Å². The average molecular weight is 332 g/mol. The van der Waals surface area contributed by atoms with Gasteiger partial charge in [-0.1, -0.05) is 6.08 Å². The van der Waals surface area contributed by atoms with Crippen LogP contribution in [0.15, 0.2) is 24.3 Å². The minimum Gasteiger partial charge on any atom is -0.493 e. The van der Waals surface area contributed by atoms with Crippen molar-refractivity contribution < 1.29 is 19.2 Å². The molecule has 0 N–H and O–H groups in total. The lowest BCUT2D eigenvalue weighted by molar-refractivity contribution is -0.385. The molecule has 0 bridgehead atoms. The normalized spacial score (nSPS) is 26.3. The molecular formula is C17H20N2O5.